The zero-order valence-corrected chi connectivity index (χ0v) is 9.91. The van der Waals surface area contributed by atoms with Crippen LogP contribution in [0.5, 0.6) is 0 Å². The van der Waals surface area contributed by atoms with E-state index in [4.69, 9.17) is 11.6 Å². The highest BCUT2D eigenvalue weighted by molar-refractivity contribution is 6.33. The molecule has 0 amide bonds. The van der Waals surface area contributed by atoms with Gasteiger partial charge in [-0.3, -0.25) is 4.98 Å². The Morgan fingerprint density at radius 3 is 3.00 bits per heavy atom. The number of halogens is 1. The highest BCUT2D eigenvalue weighted by Gasteiger charge is 2.00. The summed E-state index contributed by atoms with van der Waals surface area (Å²) in [5.41, 5.74) is 2.11. The minimum atomic E-state index is 0.699. The van der Waals surface area contributed by atoms with E-state index in [1.807, 2.05) is 0 Å². The second-order valence-corrected chi connectivity index (χ2v) is 3.97. The van der Waals surface area contributed by atoms with Gasteiger partial charge in [-0.25, -0.2) is 0 Å². The molecule has 0 bridgehead atoms. The van der Waals surface area contributed by atoms with E-state index in [0.717, 1.165) is 18.8 Å². The van der Waals surface area contributed by atoms with Gasteiger partial charge in [-0.1, -0.05) is 11.6 Å². The molecule has 2 aromatic rings. The van der Waals surface area contributed by atoms with E-state index in [0.29, 0.717) is 5.02 Å². The summed E-state index contributed by atoms with van der Waals surface area (Å²) in [6.45, 7) is 3.88. The van der Waals surface area contributed by atoms with Gasteiger partial charge in [0.1, 0.15) is 0 Å². The Balaban J connectivity index is 1.99. The van der Waals surface area contributed by atoms with Crippen LogP contribution in [-0.4, -0.2) is 9.55 Å². The third kappa shape index (κ3) is 2.55. The van der Waals surface area contributed by atoms with Gasteiger partial charge in [-0.15, -0.1) is 0 Å². The first-order chi connectivity index (χ1) is 7.79. The first-order valence-corrected chi connectivity index (χ1v) is 5.65. The molecule has 3 nitrogen and oxygen atoms in total. The monoisotopic (exact) mass is 235 g/mol. The average Bonchev–Trinajstić information content (AvgIpc) is 2.76. The van der Waals surface area contributed by atoms with Crippen LogP contribution in [0.3, 0.4) is 0 Å². The van der Waals surface area contributed by atoms with Gasteiger partial charge in [0.05, 0.1) is 16.9 Å². The summed E-state index contributed by atoms with van der Waals surface area (Å²) in [6, 6.07) is 3.88. The molecule has 0 fully saturated rings. The van der Waals surface area contributed by atoms with Crippen LogP contribution in [0.2, 0.25) is 5.02 Å². The molecule has 0 aromatic carbocycles. The van der Waals surface area contributed by atoms with Crippen molar-refractivity contribution in [2.45, 2.75) is 20.0 Å². The largest absolute Gasteiger partial charge is 0.378 e. The first-order valence-electron chi connectivity index (χ1n) is 5.27. The molecule has 0 aliphatic rings. The summed E-state index contributed by atoms with van der Waals surface area (Å²) >= 11 is 6.02. The molecule has 0 atom stereocenters. The lowest BCUT2D eigenvalue weighted by Gasteiger charge is -2.05. The number of nitrogens with zero attached hydrogens (tertiary/aromatic N) is 2. The van der Waals surface area contributed by atoms with Crippen molar-refractivity contribution >= 4 is 17.3 Å². The molecule has 0 unspecified atom stereocenters. The second kappa shape index (κ2) is 5.03. The number of pyridine rings is 1. The minimum Gasteiger partial charge on any atom is -0.378 e. The molecule has 2 heterocycles. The van der Waals surface area contributed by atoms with E-state index in [-0.39, 0.29) is 0 Å². The molecule has 0 saturated heterocycles. The van der Waals surface area contributed by atoms with Crippen molar-refractivity contribution < 1.29 is 0 Å². The summed E-state index contributed by atoms with van der Waals surface area (Å²) in [6.07, 6.45) is 7.61. The van der Waals surface area contributed by atoms with Gasteiger partial charge in [0.2, 0.25) is 0 Å². The van der Waals surface area contributed by atoms with Crippen LogP contribution in [0.4, 0.5) is 5.69 Å². The number of aryl methyl sites for hydroxylation is 1. The van der Waals surface area contributed by atoms with Crippen molar-refractivity contribution in [3.05, 3.63) is 47.5 Å². The maximum absolute atomic E-state index is 6.02. The molecule has 0 aliphatic heterocycles. The lowest BCUT2D eigenvalue weighted by atomic mass is 10.3. The third-order valence-corrected chi connectivity index (χ3v) is 2.76. The minimum absolute atomic E-state index is 0.699. The number of nitrogens with one attached hydrogen (secondary N) is 1. The van der Waals surface area contributed by atoms with E-state index < -0.39 is 0 Å². The van der Waals surface area contributed by atoms with Gasteiger partial charge in [-0.2, -0.15) is 0 Å². The SMILES string of the molecule is CCn1ccc(CNc2cnccc2Cl)c1. The molecule has 0 radical (unpaired) electrons. The lowest BCUT2D eigenvalue weighted by Crippen LogP contribution is -1.99. The molecular formula is C12H14ClN3. The van der Waals surface area contributed by atoms with E-state index >= 15 is 0 Å². The third-order valence-electron chi connectivity index (χ3n) is 2.43. The maximum Gasteiger partial charge on any atom is 0.0718 e. The number of hydrogen-bond donors (Lipinski definition) is 1. The van der Waals surface area contributed by atoms with Crippen molar-refractivity contribution in [2.75, 3.05) is 5.32 Å². The summed E-state index contributed by atoms with van der Waals surface area (Å²) < 4.78 is 2.14. The molecular weight excluding hydrogens is 222 g/mol. The van der Waals surface area contributed by atoms with Crippen LogP contribution in [0.15, 0.2) is 36.9 Å². The van der Waals surface area contributed by atoms with Crippen LogP contribution in [0.1, 0.15) is 12.5 Å². The van der Waals surface area contributed by atoms with Gasteiger partial charge < -0.3 is 9.88 Å². The molecule has 0 spiro atoms. The quantitative estimate of drug-likeness (QED) is 0.882. The first kappa shape index (κ1) is 11.0. The summed E-state index contributed by atoms with van der Waals surface area (Å²) in [5, 5.41) is 3.96. The molecule has 1 N–H and O–H groups in total. The predicted molar refractivity (Wildman–Crippen MR) is 66.7 cm³/mol. The Morgan fingerprint density at radius 1 is 1.44 bits per heavy atom. The molecule has 2 rings (SSSR count). The van der Waals surface area contributed by atoms with Gasteiger partial charge >= 0.3 is 0 Å². The maximum atomic E-state index is 6.02. The molecule has 4 heteroatoms. The zero-order chi connectivity index (χ0) is 11.4. The van der Waals surface area contributed by atoms with E-state index in [1.165, 1.54) is 5.56 Å². The number of hydrogen-bond acceptors (Lipinski definition) is 2. The van der Waals surface area contributed by atoms with Crippen molar-refractivity contribution in [3.63, 3.8) is 0 Å². The van der Waals surface area contributed by atoms with Crippen LogP contribution in [0.25, 0.3) is 0 Å². The topological polar surface area (TPSA) is 29.9 Å². The van der Waals surface area contributed by atoms with Crippen LogP contribution in [-0.2, 0) is 13.1 Å². The fourth-order valence-corrected chi connectivity index (χ4v) is 1.67. The van der Waals surface area contributed by atoms with Crippen molar-refractivity contribution in [1.29, 1.82) is 0 Å². The Kier molecular flexibility index (Phi) is 3.47. The molecule has 84 valence electrons. The highest BCUT2D eigenvalue weighted by Crippen LogP contribution is 2.19. The van der Waals surface area contributed by atoms with Gasteiger partial charge in [0, 0.05) is 31.7 Å². The average molecular weight is 236 g/mol. The number of rotatable bonds is 4. The Hall–Kier alpha value is -1.48. The smallest absolute Gasteiger partial charge is 0.0718 e. The van der Waals surface area contributed by atoms with Crippen LogP contribution >= 0.6 is 11.6 Å². The van der Waals surface area contributed by atoms with Crippen molar-refractivity contribution in [2.24, 2.45) is 0 Å². The fourth-order valence-electron chi connectivity index (χ4n) is 1.50. The number of aromatic nitrogens is 2. The molecule has 2 aromatic heterocycles. The van der Waals surface area contributed by atoms with Crippen LogP contribution in [0, 0.1) is 0 Å². The number of anilines is 1. The van der Waals surface area contributed by atoms with E-state index in [9.17, 15) is 0 Å². The summed E-state index contributed by atoms with van der Waals surface area (Å²) in [5.74, 6) is 0. The van der Waals surface area contributed by atoms with Gasteiger partial charge in [0.15, 0.2) is 0 Å². The zero-order valence-electron chi connectivity index (χ0n) is 9.15. The Bertz CT molecular complexity index is 465. The fraction of sp³-hybridized carbons (Fsp3) is 0.250. The molecule has 0 aliphatic carbocycles. The molecule has 0 saturated carbocycles. The Morgan fingerprint density at radius 2 is 2.31 bits per heavy atom. The summed E-state index contributed by atoms with van der Waals surface area (Å²) in [7, 11) is 0. The lowest BCUT2D eigenvalue weighted by molar-refractivity contribution is 0.766. The Labute approximate surface area is 100 Å². The standard InChI is InChI=1S/C12H14ClN3/c1-2-16-6-4-10(9-16)7-15-12-8-14-5-3-11(12)13/h3-6,8-9,15H,2,7H2,1H3. The van der Waals surface area contributed by atoms with Crippen molar-refractivity contribution in [3.8, 4) is 0 Å². The second-order valence-electron chi connectivity index (χ2n) is 3.56. The van der Waals surface area contributed by atoms with E-state index in [2.05, 4.69) is 40.3 Å². The predicted octanol–water partition coefficient (Wildman–Crippen LogP) is 3.17. The van der Waals surface area contributed by atoms with Crippen LogP contribution < -0.4 is 5.32 Å². The normalized spacial score (nSPS) is 10.4. The van der Waals surface area contributed by atoms with Gasteiger partial charge in [-0.05, 0) is 24.6 Å². The summed E-state index contributed by atoms with van der Waals surface area (Å²) in [4.78, 5) is 4.03. The highest BCUT2D eigenvalue weighted by atomic mass is 35.5. The molecule has 16 heavy (non-hydrogen) atoms. The van der Waals surface area contributed by atoms with E-state index in [1.54, 1.807) is 18.5 Å². The van der Waals surface area contributed by atoms with Crippen molar-refractivity contribution in [1.82, 2.24) is 9.55 Å². The van der Waals surface area contributed by atoms with Gasteiger partial charge in [0.25, 0.3) is 0 Å².